The van der Waals surface area contributed by atoms with Gasteiger partial charge in [0.15, 0.2) is 6.61 Å². The molecule has 1 aliphatic carbocycles. The topological polar surface area (TPSA) is 38.3 Å². The molecule has 4 heteroatoms. The molecule has 1 atom stereocenters. The van der Waals surface area contributed by atoms with Crippen LogP contribution in [0.15, 0.2) is 18.2 Å². The Balaban J connectivity index is 1.86. The highest BCUT2D eigenvalue weighted by molar-refractivity contribution is 6.21. The Labute approximate surface area is 105 Å². The largest absolute Gasteiger partial charge is 0.482 e. The minimum absolute atomic E-state index is 0.0490. The number of carbonyl (C=O) groups excluding carboxylic acids is 1. The lowest BCUT2D eigenvalue weighted by Crippen LogP contribution is -2.25. The van der Waals surface area contributed by atoms with Crippen molar-refractivity contribution in [1.82, 2.24) is 0 Å². The van der Waals surface area contributed by atoms with E-state index in [-0.39, 0.29) is 17.9 Å². The quantitative estimate of drug-likeness (QED) is 0.821. The van der Waals surface area contributed by atoms with Gasteiger partial charge < -0.3 is 10.1 Å². The number of anilines is 1. The number of benzene rings is 1. The summed E-state index contributed by atoms with van der Waals surface area (Å²) in [5.41, 5.74) is 1.81. The number of halogens is 1. The predicted octanol–water partition coefficient (Wildman–Crippen LogP) is 3.10. The van der Waals surface area contributed by atoms with Crippen molar-refractivity contribution in [3.8, 4) is 5.75 Å². The third kappa shape index (κ3) is 2.00. The van der Waals surface area contributed by atoms with Crippen LogP contribution < -0.4 is 10.1 Å². The van der Waals surface area contributed by atoms with Gasteiger partial charge >= 0.3 is 0 Å². The van der Waals surface area contributed by atoms with E-state index in [0.29, 0.717) is 5.92 Å². The van der Waals surface area contributed by atoms with Crippen LogP contribution in [0.1, 0.15) is 30.2 Å². The second-order valence-electron chi connectivity index (χ2n) is 4.69. The van der Waals surface area contributed by atoms with Crippen molar-refractivity contribution in [2.75, 3.05) is 11.9 Å². The summed E-state index contributed by atoms with van der Waals surface area (Å²) >= 11 is 6.43. The van der Waals surface area contributed by atoms with E-state index in [9.17, 15) is 4.79 Å². The third-order valence-corrected chi connectivity index (χ3v) is 4.13. The second kappa shape index (κ2) is 4.22. The smallest absolute Gasteiger partial charge is 0.262 e. The molecule has 2 aliphatic rings. The normalized spacial score (nSPS) is 20.9. The first-order chi connectivity index (χ1) is 8.24. The van der Waals surface area contributed by atoms with Crippen molar-refractivity contribution in [1.29, 1.82) is 0 Å². The number of hydrogen-bond acceptors (Lipinski definition) is 2. The zero-order chi connectivity index (χ0) is 11.8. The highest BCUT2D eigenvalue weighted by Crippen LogP contribution is 2.43. The first kappa shape index (κ1) is 10.9. The molecule has 3 nitrogen and oxygen atoms in total. The van der Waals surface area contributed by atoms with Crippen molar-refractivity contribution >= 4 is 23.2 Å². The molecule has 1 unspecified atom stereocenters. The first-order valence-electron chi connectivity index (χ1n) is 5.95. The summed E-state index contributed by atoms with van der Waals surface area (Å²) in [7, 11) is 0. The van der Waals surface area contributed by atoms with Crippen LogP contribution in [-0.4, -0.2) is 12.5 Å². The summed E-state index contributed by atoms with van der Waals surface area (Å²) in [6, 6.07) is 5.81. The second-order valence-corrected chi connectivity index (χ2v) is 5.16. The molecule has 0 saturated heterocycles. The summed E-state index contributed by atoms with van der Waals surface area (Å²) in [4.78, 5) is 11.2. The summed E-state index contributed by atoms with van der Waals surface area (Å²) in [6.45, 7) is 0.0965. The molecule has 1 saturated carbocycles. The average Bonchev–Trinajstić information content (AvgIpc) is 2.25. The van der Waals surface area contributed by atoms with Crippen molar-refractivity contribution in [2.45, 2.75) is 24.6 Å². The molecule has 1 fully saturated rings. The number of carbonyl (C=O) groups is 1. The summed E-state index contributed by atoms with van der Waals surface area (Å²) in [6.07, 6.45) is 3.68. The monoisotopic (exact) mass is 251 g/mol. The van der Waals surface area contributed by atoms with Gasteiger partial charge in [0.1, 0.15) is 5.75 Å². The van der Waals surface area contributed by atoms with Crippen LogP contribution in [0.25, 0.3) is 0 Å². The van der Waals surface area contributed by atoms with Gasteiger partial charge in [0.05, 0.1) is 11.1 Å². The summed E-state index contributed by atoms with van der Waals surface area (Å²) in [5, 5.41) is 2.86. The SMILES string of the molecule is O=C1COc2ccc(C(Cl)C3CCC3)cc2N1. The van der Waals surface area contributed by atoms with E-state index < -0.39 is 0 Å². The van der Waals surface area contributed by atoms with Gasteiger partial charge in [-0.15, -0.1) is 11.6 Å². The molecule has 17 heavy (non-hydrogen) atoms. The van der Waals surface area contributed by atoms with E-state index in [1.807, 2.05) is 18.2 Å². The fourth-order valence-corrected chi connectivity index (χ4v) is 2.66. The van der Waals surface area contributed by atoms with Gasteiger partial charge in [-0.05, 0) is 36.5 Å². The maximum Gasteiger partial charge on any atom is 0.262 e. The van der Waals surface area contributed by atoms with E-state index in [4.69, 9.17) is 16.3 Å². The minimum Gasteiger partial charge on any atom is -0.482 e. The minimum atomic E-state index is -0.107. The number of nitrogens with one attached hydrogen (secondary N) is 1. The van der Waals surface area contributed by atoms with E-state index in [1.54, 1.807) is 0 Å². The van der Waals surface area contributed by atoms with Gasteiger partial charge in [0.25, 0.3) is 5.91 Å². The lowest BCUT2D eigenvalue weighted by molar-refractivity contribution is -0.118. The molecule has 1 heterocycles. The molecule has 3 rings (SSSR count). The Hall–Kier alpha value is -1.22. The van der Waals surface area contributed by atoms with Crippen LogP contribution in [0.4, 0.5) is 5.69 Å². The van der Waals surface area contributed by atoms with E-state index in [0.717, 1.165) is 17.0 Å². The Kier molecular flexibility index (Phi) is 2.71. The molecule has 1 N–H and O–H groups in total. The standard InChI is InChI=1S/C13H14ClNO2/c14-13(8-2-1-3-8)9-4-5-11-10(6-9)15-12(16)7-17-11/h4-6,8,13H,1-3,7H2,(H,15,16). The van der Waals surface area contributed by atoms with Crippen molar-refractivity contribution in [3.63, 3.8) is 0 Å². The number of fused-ring (bicyclic) bond motifs is 1. The maximum absolute atomic E-state index is 11.2. The lowest BCUT2D eigenvalue weighted by Gasteiger charge is -2.30. The predicted molar refractivity (Wildman–Crippen MR) is 66.5 cm³/mol. The van der Waals surface area contributed by atoms with E-state index in [2.05, 4.69) is 5.32 Å². The highest BCUT2D eigenvalue weighted by atomic mass is 35.5. The van der Waals surface area contributed by atoms with Crippen LogP contribution in [0.5, 0.6) is 5.75 Å². The number of rotatable bonds is 2. The molecule has 0 radical (unpaired) electrons. The number of alkyl halides is 1. The molecule has 0 spiro atoms. The lowest BCUT2D eigenvalue weighted by atomic mass is 9.80. The number of ether oxygens (including phenoxy) is 1. The Morgan fingerprint density at radius 3 is 2.94 bits per heavy atom. The number of hydrogen-bond donors (Lipinski definition) is 1. The van der Waals surface area contributed by atoms with Gasteiger partial charge in [-0.25, -0.2) is 0 Å². The number of amides is 1. The van der Waals surface area contributed by atoms with Crippen LogP contribution in [0.2, 0.25) is 0 Å². The molecule has 1 aliphatic heterocycles. The van der Waals surface area contributed by atoms with Crippen molar-refractivity contribution in [3.05, 3.63) is 23.8 Å². The van der Waals surface area contributed by atoms with Crippen LogP contribution in [-0.2, 0) is 4.79 Å². The Bertz CT molecular complexity index is 457. The molecule has 1 aromatic carbocycles. The van der Waals surface area contributed by atoms with Crippen molar-refractivity contribution < 1.29 is 9.53 Å². The van der Waals surface area contributed by atoms with Gasteiger partial charge in [-0.2, -0.15) is 0 Å². The molecule has 1 amide bonds. The van der Waals surface area contributed by atoms with Gasteiger partial charge in [0.2, 0.25) is 0 Å². The molecular formula is C13H14ClNO2. The molecule has 90 valence electrons. The summed E-state index contributed by atoms with van der Waals surface area (Å²) < 4.78 is 5.32. The van der Waals surface area contributed by atoms with Gasteiger partial charge in [-0.1, -0.05) is 12.5 Å². The van der Waals surface area contributed by atoms with Crippen molar-refractivity contribution in [2.24, 2.45) is 5.92 Å². The third-order valence-electron chi connectivity index (χ3n) is 3.52. The molecule has 1 aromatic rings. The van der Waals surface area contributed by atoms with Crippen LogP contribution >= 0.6 is 11.6 Å². The zero-order valence-electron chi connectivity index (χ0n) is 9.41. The first-order valence-corrected chi connectivity index (χ1v) is 6.38. The van der Waals surface area contributed by atoms with Crippen LogP contribution in [0.3, 0.4) is 0 Å². The Morgan fingerprint density at radius 1 is 1.41 bits per heavy atom. The molecular weight excluding hydrogens is 238 g/mol. The van der Waals surface area contributed by atoms with Gasteiger partial charge in [-0.3, -0.25) is 4.79 Å². The van der Waals surface area contributed by atoms with Crippen LogP contribution in [0, 0.1) is 5.92 Å². The molecule has 0 aromatic heterocycles. The fraction of sp³-hybridized carbons (Fsp3) is 0.462. The Morgan fingerprint density at radius 2 is 2.24 bits per heavy atom. The fourth-order valence-electron chi connectivity index (χ4n) is 2.28. The zero-order valence-corrected chi connectivity index (χ0v) is 10.2. The average molecular weight is 252 g/mol. The van der Waals surface area contributed by atoms with Gasteiger partial charge in [0, 0.05) is 0 Å². The molecule has 0 bridgehead atoms. The summed E-state index contributed by atoms with van der Waals surface area (Å²) in [5.74, 6) is 1.20. The highest BCUT2D eigenvalue weighted by Gasteiger charge is 2.27. The maximum atomic E-state index is 11.2. The van der Waals surface area contributed by atoms with E-state index in [1.165, 1.54) is 19.3 Å². The van der Waals surface area contributed by atoms with E-state index >= 15 is 0 Å².